The first kappa shape index (κ1) is 14.0. The van der Waals surface area contributed by atoms with Crippen molar-refractivity contribution < 1.29 is 14.7 Å². The molecule has 0 aliphatic heterocycles. The maximum Gasteiger partial charge on any atom is 0.319 e. The topological polar surface area (TPSA) is 57.6 Å². The highest BCUT2D eigenvalue weighted by molar-refractivity contribution is 6.02. The quantitative estimate of drug-likeness (QED) is 0.770. The van der Waals surface area contributed by atoms with E-state index < -0.39 is 11.4 Å². The van der Waals surface area contributed by atoms with E-state index in [-0.39, 0.29) is 17.4 Å². The third-order valence-corrected chi connectivity index (χ3v) is 4.18. The largest absolute Gasteiger partial charge is 0.480 e. The van der Waals surface area contributed by atoms with Crippen LogP contribution in [0.1, 0.15) is 47.0 Å². The predicted octanol–water partition coefficient (Wildman–Crippen LogP) is 2.13. The normalized spacial score (nSPS) is 20.3. The summed E-state index contributed by atoms with van der Waals surface area (Å²) in [7, 11) is 1.71. The molecule has 1 unspecified atom stereocenters. The molecule has 4 heteroatoms. The fraction of sp³-hybridized carbons (Fsp3) is 0.846. The molecule has 1 atom stereocenters. The van der Waals surface area contributed by atoms with Crippen LogP contribution in [0.2, 0.25) is 0 Å². The second-order valence-corrected chi connectivity index (χ2v) is 6.20. The molecule has 98 valence electrons. The fourth-order valence-electron chi connectivity index (χ4n) is 2.14. The van der Waals surface area contributed by atoms with Crippen LogP contribution in [-0.4, -0.2) is 35.0 Å². The molecule has 17 heavy (non-hydrogen) atoms. The summed E-state index contributed by atoms with van der Waals surface area (Å²) >= 11 is 0. The van der Waals surface area contributed by atoms with Crippen LogP contribution in [0.4, 0.5) is 0 Å². The van der Waals surface area contributed by atoms with Crippen molar-refractivity contribution in [3.8, 4) is 0 Å². The number of hydrogen-bond acceptors (Lipinski definition) is 2. The van der Waals surface area contributed by atoms with E-state index in [1.807, 2.05) is 6.92 Å². The van der Waals surface area contributed by atoms with Crippen LogP contribution in [0.5, 0.6) is 0 Å². The molecule has 1 aliphatic carbocycles. The summed E-state index contributed by atoms with van der Waals surface area (Å²) in [6.45, 7) is 8.12. The van der Waals surface area contributed by atoms with Gasteiger partial charge in [-0.2, -0.15) is 0 Å². The van der Waals surface area contributed by atoms with Crippen molar-refractivity contribution in [1.82, 2.24) is 4.90 Å². The lowest BCUT2D eigenvalue weighted by Gasteiger charge is -2.43. The molecule has 0 heterocycles. The number of amides is 1. The monoisotopic (exact) mass is 241 g/mol. The van der Waals surface area contributed by atoms with Gasteiger partial charge in [0.25, 0.3) is 0 Å². The Labute approximate surface area is 103 Å². The highest BCUT2D eigenvalue weighted by Gasteiger charge is 2.53. The number of rotatable bonds is 3. The molecule has 0 saturated heterocycles. The van der Waals surface area contributed by atoms with Gasteiger partial charge in [0.1, 0.15) is 5.41 Å². The van der Waals surface area contributed by atoms with E-state index in [4.69, 9.17) is 0 Å². The molecule has 0 aromatic rings. The highest BCUT2D eigenvalue weighted by Crippen LogP contribution is 2.43. The van der Waals surface area contributed by atoms with Crippen LogP contribution in [0, 0.1) is 10.8 Å². The predicted molar refractivity (Wildman–Crippen MR) is 65.6 cm³/mol. The first-order valence-corrected chi connectivity index (χ1v) is 6.13. The van der Waals surface area contributed by atoms with Crippen molar-refractivity contribution >= 4 is 11.9 Å². The third kappa shape index (κ3) is 2.31. The van der Waals surface area contributed by atoms with Crippen LogP contribution >= 0.6 is 0 Å². The van der Waals surface area contributed by atoms with Crippen molar-refractivity contribution in [3.63, 3.8) is 0 Å². The van der Waals surface area contributed by atoms with Crippen molar-refractivity contribution in [3.05, 3.63) is 0 Å². The highest BCUT2D eigenvalue weighted by atomic mass is 16.4. The number of nitrogens with zero attached hydrogens (tertiary/aromatic N) is 1. The van der Waals surface area contributed by atoms with Gasteiger partial charge in [-0.05, 0) is 25.2 Å². The average Bonchev–Trinajstić information content (AvgIpc) is 2.11. The number of carboxylic acid groups (broad SMARTS) is 1. The second-order valence-electron chi connectivity index (χ2n) is 6.20. The van der Waals surface area contributed by atoms with E-state index in [1.165, 1.54) is 0 Å². The Morgan fingerprint density at radius 1 is 1.29 bits per heavy atom. The smallest absolute Gasteiger partial charge is 0.319 e. The SMILES string of the molecule is CC(N(C)C(=O)C1(C(=O)O)CCC1)C(C)(C)C. The summed E-state index contributed by atoms with van der Waals surface area (Å²) in [6, 6.07) is 0.0202. The Hall–Kier alpha value is -1.06. The standard InChI is InChI=1S/C13H23NO3/c1-9(12(2,3)4)14(5)10(15)13(11(16)17)7-6-8-13/h9H,6-8H2,1-5H3,(H,16,17). The van der Waals surface area contributed by atoms with Crippen LogP contribution < -0.4 is 0 Å². The average molecular weight is 241 g/mol. The van der Waals surface area contributed by atoms with Crippen molar-refractivity contribution in [1.29, 1.82) is 0 Å². The Kier molecular flexibility index (Phi) is 3.55. The minimum atomic E-state index is -1.14. The van der Waals surface area contributed by atoms with Crippen LogP contribution in [0.3, 0.4) is 0 Å². The van der Waals surface area contributed by atoms with Gasteiger partial charge in [-0.25, -0.2) is 0 Å². The lowest BCUT2D eigenvalue weighted by Crippen LogP contribution is -2.55. The molecule has 0 aromatic carbocycles. The molecule has 4 nitrogen and oxygen atoms in total. The number of carbonyl (C=O) groups excluding carboxylic acids is 1. The van der Waals surface area contributed by atoms with Crippen molar-refractivity contribution in [2.75, 3.05) is 7.05 Å². The molecular weight excluding hydrogens is 218 g/mol. The summed E-state index contributed by atoms with van der Waals surface area (Å²) in [6.07, 6.45) is 1.78. The molecule has 1 aliphatic rings. The molecule has 1 fully saturated rings. The molecule has 1 N–H and O–H groups in total. The number of hydrogen-bond donors (Lipinski definition) is 1. The molecule has 0 spiro atoms. The van der Waals surface area contributed by atoms with Gasteiger partial charge in [-0.15, -0.1) is 0 Å². The van der Waals surface area contributed by atoms with E-state index in [0.717, 1.165) is 6.42 Å². The van der Waals surface area contributed by atoms with Gasteiger partial charge in [-0.3, -0.25) is 9.59 Å². The maximum atomic E-state index is 12.3. The Morgan fingerprint density at radius 2 is 1.76 bits per heavy atom. The number of aliphatic carboxylic acids is 1. The van der Waals surface area contributed by atoms with Crippen LogP contribution in [0.25, 0.3) is 0 Å². The van der Waals surface area contributed by atoms with Gasteiger partial charge in [0.05, 0.1) is 0 Å². The summed E-state index contributed by atoms with van der Waals surface area (Å²) in [5.41, 5.74) is -1.19. The molecule has 1 saturated carbocycles. The summed E-state index contributed by atoms with van der Waals surface area (Å²) in [5, 5.41) is 9.24. The van der Waals surface area contributed by atoms with Gasteiger partial charge in [-0.1, -0.05) is 27.2 Å². The van der Waals surface area contributed by atoms with Gasteiger partial charge < -0.3 is 10.0 Å². The van der Waals surface area contributed by atoms with E-state index in [0.29, 0.717) is 12.8 Å². The molecule has 1 rings (SSSR count). The van der Waals surface area contributed by atoms with Gasteiger partial charge in [0, 0.05) is 13.1 Å². The lowest BCUT2D eigenvalue weighted by atomic mass is 9.67. The second kappa shape index (κ2) is 4.31. The molecular formula is C13H23NO3. The zero-order valence-corrected chi connectivity index (χ0v) is 11.4. The summed E-state index contributed by atoms with van der Waals surface area (Å²) in [5.74, 6) is -1.21. The van der Waals surface area contributed by atoms with Gasteiger partial charge >= 0.3 is 5.97 Å². The zero-order valence-electron chi connectivity index (χ0n) is 11.4. The van der Waals surface area contributed by atoms with Crippen molar-refractivity contribution in [2.45, 2.75) is 53.0 Å². The minimum absolute atomic E-state index is 0.0202. The fourth-order valence-corrected chi connectivity index (χ4v) is 2.14. The molecule has 1 amide bonds. The van der Waals surface area contributed by atoms with E-state index in [2.05, 4.69) is 20.8 Å². The Balaban J connectivity index is 2.86. The maximum absolute atomic E-state index is 12.3. The lowest BCUT2D eigenvalue weighted by molar-refractivity contribution is -0.168. The molecule has 0 aromatic heterocycles. The Bertz CT molecular complexity index is 326. The zero-order chi connectivity index (χ0) is 13.4. The first-order chi connectivity index (χ1) is 7.63. The summed E-state index contributed by atoms with van der Waals surface area (Å²) < 4.78 is 0. The van der Waals surface area contributed by atoms with E-state index in [1.54, 1.807) is 11.9 Å². The third-order valence-electron chi connectivity index (χ3n) is 4.18. The molecule has 0 radical (unpaired) electrons. The number of carbonyl (C=O) groups is 2. The van der Waals surface area contributed by atoms with Crippen LogP contribution in [-0.2, 0) is 9.59 Å². The van der Waals surface area contributed by atoms with Crippen molar-refractivity contribution in [2.24, 2.45) is 10.8 Å². The first-order valence-electron chi connectivity index (χ1n) is 6.13. The summed E-state index contributed by atoms with van der Waals surface area (Å²) in [4.78, 5) is 25.2. The number of carboxylic acids is 1. The van der Waals surface area contributed by atoms with E-state index >= 15 is 0 Å². The van der Waals surface area contributed by atoms with Crippen LogP contribution in [0.15, 0.2) is 0 Å². The molecule has 0 bridgehead atoms. The van der Waals surface area contributed by atoms with E-state index in [9.17, 15) is 14.7 Å². The minimum Gasteiger partial charge on any atom is -0.480 e. The van der Waals surface area contributed by atoms with Gasteiger partial charge in [0.2, 0.25) is 5.91 Å². The Morgan fingerprint density at radius 3 is 2.00 bits per heavy atom. The van der Waals surface area contributed by atoms with Gasteiger partial charge in [0.15, 0.2) is 0 Å².